The Hall–Kier alpha value is -2.76. The van der Waals surface area contributed by atoms with Crippen molar-refractivity contribution >= 4 is 12.0 Å². The van der Waals surface area contributed by atoms with Gasteiger partial charge in [0, 0.05) is 23.4 Å². The summed E-state index contributed by atoms with van der Waals surface area (Å²) in [6.45, 7) is 3.44. The SMILES string of the molecule is Cc1cc(C=O)cnc1Oc1c(C)cccc1[N+](=O)[O-]. The first-order chi connectivity index (χ1) is 9.52. The normalized spacial score (nSPS) is 10.1. The fourth-order valence-corrected chi connectivity index (χ4v) is 1.77. The van der Waals surface area contributed by atoms with Crippen LogP contribution in [0.1, 0.15) is 21.5 Å². The molecule has 0 radical (unpaired) electrons. The van der Waals surface area contributed by atoms with Gasteiger partial charge in [0.15, 0.2) is 6.29 Å². The molecular weight excluding hydrogens is 260 g/mol. The number of aromatic nitrogens is 1. The molecule has 0 N–H and O–H groups in total. The highest BCUT2D eigenvalue weighted by Crippen LogP contribution is 2.34. The number of aryl methyl sites for hydroxylation is 2. The molecule has 0 amide bonds. The Kier molecular flexibility index (Phi) is 3.74. The zero-order valence-electron chi connectivity index (χ0n) is 11.0. The van der Waals surface area contributed by atoms with Gasteiger partial charge in [0.05, 0.1) is 4.92 Å². The molecule has 1 heterocycles. The van der Waals surface area contributed by atoms with Gasteiger partial charge >= 0.3 is 5.69 Å². The zero-order chi connectivity index (χ0) is 14.7. The van der Waals surface area contributed by atoms with E-state index in [0.29, 0.717) is 23.0 Å². The van der Waals surface area contributed by atoms with Crippen LogP contribution in [0.25, 0.3) is 0 Å². The van der Waals surface area contributed by atoms with Crippen molar-refractivity contribution in [1.29, 1.82) is 0 Å². The van der Waals surface area contributed by atoms with E-state index in [1.807, 2.05) is 0 Å². The quantitative estimate of drug-likeness (QED) is 0.485. The van der Waals surface area contributed by atoms with E-state index in [1.54, 1.807) is 32.0 Å². The van der Waals surface area contributed by atoms with Gasteiger partial charge in [-0.1, -0.05) is 12.1 Å². The predicted octanol–water partition coefficient (Wildman–Crippen LogP) is 3.21. The monoisotopic (exact) mass is 272 g/mol. The molecule has 1 aromatic carbocycles. The molecule has 6 heteroatoms. The number of hydrogen-bond donors (Lipinski definition) is 0. The number of pyridine rings is 1. The zero-order valence-corrected chi connectivity index (χ0v) is 11.0. The summed E-state index contributed by atoms with van der Waals surface area (Å²) in [4.78, 5) is 25.2. The summed E-state index contributed by atoms with van der Waals surface area (Å²) < 4.78 is 5.56. The second-order valence-electron chi connectivity index (χ2n) is 4.29. The molecule has 0 saturated heterocycles. The Morgan fingerprint density at radius 1 is 1.30 bits per heavy atom. The fraction of sp³-hybridized carbons (Fsp3) is 0.143. The van der Waals surface area contributed by atoms with Gasteiger partial charge in [-0.3, -0.25) is 14.9 Å². The molecule has 0 aliphatic rings. The van der Waals surface area contributed by atoms with Crippen molar-refractivity contribution in [2.75, 3.05) is 0 Å². The Balaban J connectivity index is 2.44. The molecule has 6 nitrogen and oxygen atoms in total. The molecule has 0 fully saturated rings. The number of carbonyl (C=O) groups is 1. The molecule has 20 heavy (non-hydrogen) atoms. The number of nitro groups is 1. The van der Waals surface area contributed by atoms with Crippen LogP contribution in [-0.4, -0.2) is 16.2 Å². The van der Waals surface area contributed by atoms with Crippen LogP contribution in [0.3, 0.4) is 0 Å². The maximum Gasteiger partial charge on any atom is 0.311 e. The average Bonchev–Trinajstić information content (AvgIpc) is 2.42. The Labute approximate surface area is 115 Å². The van der Waals surface area contributed by atoms with Gasteiger partial charge in [0.2, 0.25) is 11.6 Å². The average molecular weight is 272 g/mol. The van der Waals surface area contributed by atoms with Gasteiger partial charge in [0.25, 0.3) is 0 Å². The van der Waals surface area contributed by atoms with Crippen molar-refractivity contribution in [3.05, 3.63) is 57.3 Å². The molecule has 0 aliphatic heterocycles. The summed E-state index contributed by atoms with van der Waals surface area (Å²) in [6.07, 6.45) is 2.04. The first-order valence-electron chi connectivity index (χ1n) is 5.86. The lowest BCUT2D eigenvalue weighted by molar-refractivity contribution is -0.385. The number of aldehydes is 1. The Morgan fingerprint density at radius 3 is 2.65 bits per heavy atom. The van der Waals surface area contributed by atoms with Gasteiger partial charge in [-0.25, -0.2) is 4.98 Å². The fourth-order valence-electron chi connectivity index (χ4n) is 1.77. The molecule has 1 aromatic heterocycles. The molecule has 2 aromatic rings. The first kappa shape index (κ1) is 13.7. The minimum atomic E-state index is -0.503. The smallest absolute Gasteiger partial charge is 0.311 e. The lowest BCUT2D eigenvalue weighted by atomic mass is 10.2. The lowest BCUT2D eigenvalue weighted by Gasteiger charge is -2.10. The number of para-hydroxylation sites is 1. The summed E-state index contributed by atoms with van der Waals surface area (Å²) in [5.41, 5.74) is 1.58. The minimum absolute atomic E-state index is 0.120. The first-order valence-corrected chi connectivity index (χ1v) is 5.86. The molecule has 0 unspecified atom stereocenters. The van der Waals surface area contributed by atoms with Gasteiger partial charge in [0.1, 0.15) is 0 Å². The summed E-state index contributed by atoms with van der Waals surface area (Å²) >= 11 is 0. The highest BCUT2D eigenvalue weighted by atomic mass is 16.6. The molecule has 102 valence electrons. The number of rotatable bonds is 4. The van der Waals surface area contributed by atoms with Crippen molar-refractivity contribution in [2.24, 2.45) is 0 Å². The third-order valence-electron chi connectivity index (χ3n) is 2.77. The van der Waals surface area contributed by atoms with Crippen LogP contribution in [0, 0.1) is 24.0 Å². The van der Waals surface area contributed by atoms with Gasteiger partial charge < -0.3 is 4.74 Å². The predicted molar refractivity (Wildman–Crippen MR) is 72.3 cm³/mol. The van der Waals surface area contributed by atoms with E-state index in [4.69, 9.17) is 4.74 Å². The molecule has 0 atom stereocenters. The van der Waals surface area contributed by atoms with Crippen molar-refractivity contribution in [3.8, 4) is 11.6 Å². The van der Waals surface area contributed by atoms with E-state index in [2.05, 4.69) is 4.98 Å². The molecule has 2 rings (SSSR count). The Morgan fingerprint density at radius 2 is 2.05 bits per heavy atom. The standard InChI is InChI=1S/C14H12N2O4/c1-9-4-3-5-12(16(18)19)13(9)20-14-10(2)6-11(8-17)7-15-14/h3-8H,1-2H3. The van der Waals surface area contributed by atoms with Crippen molar-refractivity contribution in [1.82, 2.24) is 4.98 Å². The van der Waals surface area contributed by atoms with Gasteiger partial charge in [-0.15, -0.1) is 0 Å². The van der Waals surface area contributed by atoms with E-state index >= 15 is 0 Å². The molecular formula is C14H12N2O4. The minimum Gasteiger partial charge on any atom is -0.431 e. The number of ether oxygens (including phenoxy) is 1. The molecule has 0 aliphatic carbocycles. The van der Waals surface area contributed by atoms with E-state index in [1.165, 1.54) is 12.3 Å². The van der Waals surface area contributed by atoms with E-state index < -0.39 is 4.92 Å². The number of nitro benzene ring substituents is 1. The van der Waals surface area contributed by atoms with Crippen LogP contribution < -0.4 is 4.74 Å². The van der Waals surface area contributed by atoms with Crippen molar-refractivity contribution < 1.29 is 14.5 Å². The van der Waals surface area contributed by atoms with E-state index in [0.717, 1.165) is 0 Å². The highest BCUT2D eigenvalue weighted by Gasteiger charge is 2.19. The van der Waals surface area contributed by atoms with Crippen LogP contribution >= 0.6 is 0 Å². The van der Waals surface area contributed by atoms with Crippen LogP contribution in [0.15, 0.2) is 30.5 Å². The van der Waals surface area contributed by atoms with Crippen molar-refractivity contribution in [2.45, 2.75) is 13.8 Å². The summed E-state index contributed by atoms with van der Waals surface area (Å²) in [6, 6.07) is 6.30. The van der Waals surface area contributed by atoms with Gasteiger partial charge in [-0.05, 0) is 25.5 Å². The summed E-state index contributed by atoms with van der Waals surface area (Å²) in [5.74, 6) is 0.403. The lowest BCUT2D eigenvalue weighted by Crippen LogP contribution is -1.98. The Bertz CT molecular complexity index is 683. The number of carbonyl (C=O) groups excluding carboxylic acids is 1. The maximum atomic E-state index is 11.0. The largest absolute Gasteiger partial charge is 0.431 e. The third-order valence-corrected chi connectivity index (χ3v) is 2.77. The second-order valence-corrected chi connectivity index (χ2v) is 4.29. The van der Waals surface area contributed by atoms with Gasteiger partial charge in [-0.2, -0.15) is 0 Å². The number of hydrogen-bond acceptors (Lipinski definition) is 5. The number of nitrogens with zero attached hydrogens (tertiary/aromatic N) is 2. The van der Waals surface area contributed by atoms with Crippen LogP contribution in [0.2, 0.25) is 0 Å². The molecule has 0 bridgehead atoms. The highest BCUT2D eigenvalue weighted by molar-refractivity contribution is 5.74. The third kappa shape index (κ3) is 2.64. The van der Waals surface area contributed by atoms with Crippen LogP contribution in [-0.2, 0) is 0 Å². The topological polar surface area (TPSA) is 82.3 Å². The maximum absolute atomic E-state index is 11.0. The second kappa shape index (κ2) is 5.48. The summed E-state index contributed by atoms with van der Waals surface area (Å²) in [7, 11) is 0. The van der Waals surface area contributed by atoms with Crippen LogP contribution in [0.5, 0.6) is 11.6 Å². The molecule has 0 spiro atoms. The van der Waals surface area contributed by atoms with E-state index in [-0.39, 0.29) is 17.3 Å². The van der Waals surface area contributed by atoms with Crippen LogP contribution in [0.4, 0.5) is 5.69 Å². The van der Waals surface area contributed by atoms with Crippen molar-refractivity contribution in [3.63, 3.8) is 0 Å². The molecule has 0 saturated carbocycles. The van der Waals surface area contributed by atoms with E-state index in [9.17, 15) is 14.9 Å². The number of benzene rings is 1. The summed E-state index contributed by atoms with van der Waals surface area (Å²) in [5, 5.41) is 11.0.